The predicted octanol–water partition coefficient (Wildman–Crippen LogP) is 3.67. The fourth-order valence-electron chi connectivity index (χ4n) is 2.50. The fourth-order valence-corrected chi connectivity index (χ4v) is 3.28. The Labute approximate surface area is 146 Å². The van der Waals surface area contributed by atoms with E-state index in [1.165, 1.54) is 0 Å². The van der Waals surface area contributed by atoms with Gasteiger partial charge in [0, 0.05) is 11.6 Å². The van der Waals surface area contributed by atoms with Crippen LogP contribution in [0.15, 0.2) is 27.6 Å². The SMILES string of the molecule is Cc1noc(C)c1C(C)Nc1ccc(S(=O)(=O)C(F)(F)F)cc1[N+](=O)[O-]. The van der Waals surface area contributed by atoms with Crippen LogP contribution >= 0.6 is 0 Å². The molecule has 0 radical (unpaired) electrons. The van der Waals surface area contributed by atoms with Crippen molar-refractivity contribution in [1.29, 1.82) is 0 Å². The number of hydrogen-bond acceptors (Lipinski definition) is 7. The Morgan fingerprint density at radius 2 is 1.92 bits per heavy atom. The fraction of sp³-hybridized carbons (Fsp3) is 0.357. The van der Waals surface area contributed by atoms with Gasteiger partial charge in [-0.2, -0.15) is 13.2 Å². The van der Waals surface area contributed by atoms with Gasteiger partial charge in [-0.05, 0) is 32.9 Å². The minimum Gasteiger partial charge on any atom is -0.373 e. The number of hydrogen-bond donors (Lipinski definition) is 1. The molecule has 1 aromatic heterocycles. The van der Waals surface area contributed by atoms with E-state index in [1.807, 2.05) is 0 Å². The van der Waals surface area contributed by atoms with Gasteiger partial charge in [0.25, 0.3) is 15.5 Å². The summed E-state index contributed by atoms with van der Waals surface area (Å²) >= 11 is 0. The van der Waals surface area contributed by atoms with Crippen molar-refractivity contribution in [2.24, 2.45) is 0 Å². The molecule has 0 aliphatic heterocycles. The molecular weight excluding hydrogens is 379 g/mol. The first-order valence-electron chi connectivity index (χ1n) is 7.15. The maximum absolute atomic E-state index is 12.6. The lowest BCUT2D eigenvalue weighted by Gasteiger charge is -2.16. The number of benzene rings is 1. The molecule has 1 unspecified atom stereocenters. The molecule has 142 valence electrons. The smallest absolute Gasteiger partial charge is 0.373 e. The third-order valence-electron chi connectivity index (χ3n) is 3.67. The zero-order chi connectivity index (χ0) is 19.9. The Balaban J connectivity index is 2.47. The van der Waals surface area contributed by atoms with Crippen molar-refractivity contribution in [2.45, 2.75) is 37.2 Å². The molecule has 0 amide bonds. The van der Waals surface area contributed by atoms with Crippen molar-refractivity contribution >= 4 is 21.2 Å². The molecule has 26 heavy (non-hydrogen) atoms. The van der Waals surface area contributed by atoms with E-state index >= 15 is 0 Å². The summed E-state index contributed by atoms with van der Waals surface area (Å²) in [7, 11) is -5.69. The van der Waals surface area contributed by atoms with Crippen LogP contribution in [-0.2, 0) is 9.84 Å². The second-order valence-electron chi connectivity index (χ2n) is 5.49. The van der Waals surface area contributed by atoms with E-state index in [0.29, 0.717) is 29.2 Å². The summed E-state index contributed by atoms with van der Waals surface area (Å²) in [5.41, 5.74) is -5.31. The number of rotatable bonds is 5. The number of nitrogens with zero attached hydrogens (tertiary/aromatic N) is 2. The lowest BCUT2D eigenvalue weighted by Crippen LogP contribution is -2.23. The Morgan fingerprint density at radius 3 is 2.38 bits per heavy atom. The molecule has 0 bridgehead atoms. The lowest BCUT2D eigenvalue weighted by atomic mass is 10.1. The molecule has 1 atom stereocenters. The van der Waals surface area contributed by atoms with E-state index < -0.39 is 36.9 Å². The standard InChI is InChI=1S/C14H14F3N3O5S/c1-7(13-8(2)19-25-9(13)3)18-11-5-4-10(6-12(11)20(21)22)26(23,24)14(15,16)17/h4-7,18H,1-3H3. The molecule has 0 aliphatic rings. The van der Waals surface area contributed by atoms with E-state index in [0.717, 1.165) is 6.07 Å². The van der Waals surface area contributed by atoms with E-state index in [9.17, 15) is 31.7 Å². The van der Waals surface area contributed by atoms with Gasteiger partial charge in [-0.15, -0.1) is 0 Å². The molecule has 0 spiro atoms. The van der Waals surface area contributed by atoms with Gasteiger partial charge in [-0.25, -0.2) is 8.42 Å². The second-order valence-corrected chi connectivity index (χ2v) is 7.43. The summed E-state index contributed by atoms with van der Waals surface area (Å²) < 4.78 is 65.8. The van der Waals surface area contributed by atoms with Crippen molar-refractivity contribution in [1.82, 2.24) is 5.16 Å². The van der Waals surface area contributed by atoms with Gasteiger partial charge in [0.2, 0.25) is 0 Å². The highest BCUT2D eigenvalue weighted by atomic mass is 32.2. The zero-order valence-electron chi connectivity index (χ0n) is 13.8. The van der Waals surface area contributed by atoms with Gasteiger partial charge >= 0.3 is 5.51 Å². The number of halogens is 3. The molecule has 0 fully saturated rings. The maximum Gasteiger partial charge on any atom is 0.501 e. The quantitative estimate of drug-likeness (QED) is 0.609. The molecule has 2 rings (SSSR count). The summed E-state index contributed by atoms with van der Waals surface area (Å²) in [6.45, 7) is 4.95. The van der Waals surface area contributed by atoms with Crippen LogP contribution in [0.5, 0.6) is 0 Å². The lowest BCUT2D eigenvalue weighted by molar-refractivity contribution is -0.384. The average Bonchev–Trinajstić information content (AvgIpc) is 2.85. The van der Waals surface area contributed by atoms with Gasteiger partial charge in [0.1, 0.15) is 11.4 Å². The molecule has 0 saturated heterocycles. The number of nitro benzene ring substituents is 1. The minimum absolute atomic E-state index is 0.136. The summed E-state index contributed by atoms with van der Waals surface area (Å²) in [6.07, 6.45) is 0. The topological polar surface area (TPSA) is 115 Å². The summed E-state index contributed by atoms with van der Waals surface area (Å²) in [5, 5.41) is 17.7. The summed E-state index contributed by atoms with van der Waals surface area (Å²) in [6, 6.07) is 1.44. The van der Waals surface area contributed by atoms with Gasteiger partial charge in [-0.1, -0.05) is 5.16 Å². The predicted molar refractivity (Wildman–Crippen MR) is 84.4 cm³/mol. The van der Waals surface area contributed by atoms with Gasteiger partial charge in [-0.3, -0.25) is 10.1 Å². The minimum atomic E-state index is -5.69. The Hall–Kier alpha value is -2.63. The molecule has 12 heteroatoms. The Morgan fingerprint density at radius 1 is 1.31 bits per heavy atom. The largest absolute Gasteiger partial charge is 0.501 e. The van der Waals surface area contributed by atoms with Crippen molar-refractivity contribution < 1.29 is 31.0 Å². The van der Waals surface area contributed by atoms with Crippen LogP contribution < -0.4 is 5.32 Å². The highest BCUT2D eigenvalue weighted by Gasteiger charge is 2.47. The monoisotopic (exact) mass is 393 g/mol. The Kier molecular flexibility index (Phi) is 4.99. The third-order valence-corrected chi connectivity index (χ3v) is 5.16. The number of alkyl halides is 3. The molecule has 1 N–H and O–H groups in total. The first-order chi connectivity index (χ1) is 11.9. The molecule has 1 aromatic carbocycles. The van der Waals surface area contributed by atoms with Crippen LogP contribution in [0.4, 0.5) is 24.5 Å². The number of aromatic nitrogens is 1. The molecule has 8 nitrogen and oxygen atoms in total. The summed E-state index contributed by atoms with van der Waals surface area (Å²) in [5.74, 6) is 0.474. The third kappa shape index (κ3) is 3.49. The van der Waals surface area contributed by atoms with Crippen LogP contribution in [0.25, 0.3) is 0 Å². The number of nitrogens with one attached hydrogen (secondary N) is 1. The van der Waals surface area contributed by atoms with Crippen molar-refractivity contribution in [3.63, 3.8) is 0 Å². The number of anilines is 1. The van der Waals surface area contributed by atoms with Crippen LogP contribution in [-0.4, -0.2) is 24.0 Å². The van der Waals surface area contributed by atoms with Crippen LogP contribution in [0.3, 0.4) is 0 Å². The average molecular weight is 393 g/mol. The second kappa shape index (κ2) is 6.59. The first-order valence-corrected chi connectivity index (χ1v) is 8.63. The maximum atomic E-state index is 12.6. The van der Waals surface area contributed by atoms with E-state index in [-0.39, 0.29) is 5.69 Å². The Bertz CT molecular complexity index is 934. The molecule has 0 aliphatic carbocycles. The van der Waals surface area contributed by atoms with Gasteiger partial charge < -0.3 is 9.84 Å². The molecule has 2 aromatic rings. The van der Waals surface area contributed by atoms with Crippen LogP contribution in [0.1, 0.15) is 30.0 Å². The van der Waals surface area contributed by atoms with Gasteiger partial charge in [0.15, 0.2) is 0 Å². The van der Waals surface area contributed by atoms with Crippen LogP contribution in [0, 0.1) is 24.0 Å². The normalized spacial score (nSPS) is 13.5. The van der Waals surface area contributed by atoms with Crippen molar-refractivity contribution in [3.05, 3.63) is 45.3 Å². The highest BCUT2D eigenvalue weighted by Crippen LogP contribution is 2.36. The first kappa shape index (κ1) is 19.7. The number of nitro groups is 1. The van der Waals surface area contributed by atoms with Crippen LogP contribution in [0.2, 0.25) is 0 Å². The highest BCUT2D eigenvalue weighted by molar-refractivity contribution is 7.92. The van der Waals surface area contributed by atoms with E-state index in [1.54, 1.807) is 20.8 Å². The van der Waals surface area contributed by atoms with E-state index in [4.69, 9.17) is 4.52 Å². The van der Waals surface area contributed by atoms with Crippen molar-refractivity contribution in [2.75, 3.05) is 5.32 Å². The molecular formula is C14H14F3N3O5S. The van der Waals surface area contributed by atoms with Crippen molar-refractivity contribution in [3.8, 4) is 0 Å². The molecule has 0 saturated carbocycles. The number of sulfone groups is 1. The summed E-state index contributed by atoms with van der Waals surface area (Å²) in [4.78, 5) is 9.05. The van der Waals surface area contributed by atoms with E-state index in [2.05, 4.69) is 10.5 Å². The molecule has 1 heterocycles. The zero-order valence-corrected chi connectivity index (χ0v) is 14.6. The number of aryl methyl sites for hydroxylation is 2. The van der Waals surface area contributed by atoms with Gasteiger partial charge in [0.05, 0.1) is 21.6 Å².